The van der Waals surface area contributed by atoms with Gasteiger partial charge < -0.3 is 10.0 Å². The van der Waals surface area contributed by atoms with Crippen molar-refractivity contribution in [3.8, 4) is 6.07 Å². The number of nitrogens with zero attached hydrogens (tertiary/aromatic N) is 2. The van der Waals surface area contributed by atoms with Crippen LogP contribution in [0.15, 0.2) is 24.3 Å². The molecule has 1 amide bonds. The van der Waals surface area contributed by atoms with Crippen LogP contribution < -0.4 is 0 Å². The number of benzene rings is 1. The predicted octanol–water partition coefficient (Wildman–Crippen LogP) is 2.27. The SMILES string of the molecule is CCC1CCN(C(=O)c2cccc(C#N)c2)C(C(=O)O)C1. The molecule has 0 saturated carbocycles. The molecule has 1 heterocycles. The van der Waals surface area contributed by atoms with Gasteiger partial charge in [-0.2, -0.15) is 5.26 Å². The first-order valence-corrected chi connectivity index (χ1v) is 7.10. The van der Waals surface area contributed by atoms with Crippen LogP contribution in [0.3, 0.4) is 0 Å². The van der Waals surface area contributed by atoms with Crippen LogP contribution in [0.2, 0.25) is 0 Å². The zero-order valence-corrected chi connectivity index (χ0v) is 12.0. The summed E-state index contributed by atoms with van der Waals surface area (Å²) in [6, 6.07) is 7.60. The largest absolute Gasteiger partial charge is 0.480 e. The smallest absolute Gasteiger partial charge is 0.326 e. The number of nitriles is 1. The van der Waals surface area contributed by atoms with Crippen molar-refractivity contribution in [2.75, 3.05) is 6.54 Å². The van der Waals surface area contributed by atoms with Crippen molar-refractivity contribution in [1.82, 2.24) is 4.90 Å². The number of amides is 1. The van der Waals surface area contributed by atoms with Gasteiger partial charge in [-0.25, -0.2) is 4.79 Å². The molecular formula is C16H18N2O3. The van der Waals surface area contributed by atoms with Crippen molar-refractivity contribution >= 4 is 11.9 Å². The third kappa shape index (κ3) is 3.22. The van der Waals surface area contributed by atoms with Gasteiger partial charge in [0, 0.05) is 12.1 Å². The minimum Gasteiger partial charge on any atom is -0.480 e. The topological polar surface area (TPSA) is 81.4 Å². The maximum Gasteiger partial charge on any atom is 0.326 e. The van der Waals surface area contributed by atoms with Gasteiger partial charge in [-0.3, -0.25) is 4.79 Å². The van der Waals surface area contributed by atoms with E-state index in [1.807, 2.05) is 13.0 Å². The van der Waals surface area contributed by atoms with E-state index in [1.165, 1.54) is 11.0 Å². The number of aliphatic carboxylic acids is 1. The van der Waals surface area contributed by atoms with Crippen LogP contribution in [-0.4, -0.2) is 34.5 Å². The molecule has 1 fully saturated rings. The molecule has 0 radical (unpaired) electrons. The summed E-state index contributed by atoms with van der Waals surface area (Å²) >= 11 is 0. The van der Waals surface area contributed by atoms with E-state index in [2.05, 4.69) is 0 Å². The van der Waals surface area contributed by atoms with Gasteiger partial charge in [-0.1, -0.05) is 19.4 Å². The fourth-order valence-electron chi connectivity index (χ4n) is 2.77. The summed E-state index contributed by atoms with van der Waals surface area (Å²) in [4.78, 5) is 25.4. The second-order valence-corrected chi connectivity index (χ2v) is 5.34. The Kier molecular flexibility index (Phi) is 4.59. The lowest BCUT2D eigenvalue weighted by Gasteiger charge is -2.37. The summed E-state index contributed by atoms with van der Waals surface area (Å²) in [5.41, 5.74) is 0.770. The Balaban J connectivity index is 2.24. The zero-order valence-electron chi connectivity index (χ0n) is 12.0. The average Bonchev–Trinajstić information content (AvgIpc) is 2.53. The Morgan fingerprint density at radius 1 is 1.48 bits per heavy atom. The number of hydrogen-bond acceptors (Lipinski definition) is 3. The van der Waals surface area contributed by atoms with Crippen molar-refractivity contribution < 1.29 is 14.7 Å². The van der Waals surface area contributed by atoms with Crippen molar-refractivity contribution in [2.24, 2.45) is 5.92 Å². The molecule has 1 saturated heterocycles. The summed E-state index contributed by atoms with van der Waals surface area (Å²) in [6.45, 7) is 2.49. The van der Waals surface area contributed by atoms with E-state index in [0.717, 1.165) is 12.8 Å². The van der Waals surface area contributed by atoms with Crippen molar-refractivity contribution in [3.05, 3.63) is 35.4 Å². The summed E-state index contributed by atoms with van der Waals surface area (Å²) in [7, 11) is 0. The second-order valence-electron chi connectivity index (χ2n) is 5.34. The van der Waals surface area contributed by atoms with Gasteiger partial charge in [-0.05, 0) is 37.0 Å². The zero-order chi connectivity index (χ0) is 15.4. The molecule has 1 aliphatic rings. The number of carboxylic acid groups (broad SMARTS) is 1. The molecule has 1 aromatic carbocycles. The molecule has 1 aliphatic heterocycles. The number of rotatable bonds is 3. The Bertz CT molecular complexity index is 591. The van der Waals surface area contributed by atoms with Gasteiger partial charge in [0.15, 0.2) is 0 Å². The van der Waals surface area contributed by atoms with E-state index < -0.39 is 12.0 Å². The molecule has 5 heteroatoms. The van der Waals surface area contributed by atoms with Crippen LogP contribution >= 0.6 is 0 Å². The molecule has 0 spiro atoms. The standard InChI is InChI=1S/C16H18N2O3/c1-2-11-6-7-18(14(9-11)16(20)21)15(19)13-5-3-4-12(8-13)10-17/h3-5,8,11,14H,2,6-7,9H2,1H3,(H,20,21). The molecule has 1 N–H and O–H groups in total. The third-order valence-electron chi connectivity index (χ3n) is 4.07. The lowest BCUT2D eigenvalue weighted by atomic mass is 9.88. The summed E-state index contributed by atoms with van der Waals surface area (Å²) in [5, 5.41) is 18.3. The van der Waals surface area contributed by atoms with E-state index in [-0.39, 0.29) is 5.91 Å². The Hall–Kier alpha value is -2.35. The first-order valence-electron chi connectivity index (χ1n) is 7.10. The molecule has 1 aromatic rings. The monoisotopic (exact) mass is 286 g/mol. The third-order valence-corrected chi connectivity index (χ3v) is 4.07. The highest BCUT2D eigenvalue weighted by Gasteiger charge is 2.35. The van der Waals surface area contributed by atoms with Crippen LogP contribution in [0, 0.1) is 17.2 Å². The Morgan fingerprint density at radius 3 is 2.86 bits per heavy atom. The van der Waals surface area contributed by atoms with Crippen LogP contribution in [0.5, 0.6) is 0 Å². The Morgan fingerprint density at radius 2 is 2.24 bits per heavy atom. The van der Waals surface area contributed by atoms with Crippen molar-refractivity contribution in [1.29, 1.82) is 5.26 Å². The van der Waals surface area contributed by atoms with E-state index in [0.29, 0.717) is 30.0 Å². The molecular weight excluding hydrogens is 268 g/mol. The van der Waals surface area contributed by atoms with Crippen LogP contribution in [-0.2, 0) is 4.79 Å². The maximum absolute atomic E-state index is 12.5. The maximum atomic E-state index is 12.5. The minimum absolute atomic E-state index is 0.311. The summed E-state index contributed by atoms with van der Waals surface area (Å²) in [6.07, 6.45) is 2.25. The normalized spacial score (nSPS) is 21.6. The molecule has 0 bridgehead atoms. The predicted molar refractivity (Wildman–Crippen MR) is 76.6 cm³/mol. The van der Waals surface area contributed by atoms with Gasteiger partial charge in [-0.15, -0.1) is 0 Å². The van der Waals surface area contributed by atoms with Gasteiger partial charge in [0.25, 0.3) is 5.91 Å². The molecule has 2 unspecified atom stereocenters. The van der Waals surface area contributed by atoms with E-state index in [1.54, 1.807) is 18.2 Å². The van der Waals surface area contributed by atoms with E-state index >= 15 is 0 Å². The highest BCUT2D eigenvalue weighted by molar-refractivity contribution is 5.97. The highest BCUT2D eigenvalue weighted by atomic mass is 16.4. The molecule has 0 aliphatic carbocycles. The number of hydrogen-bond donors (Lipinski definition) is 1. The molecule has 2 atom stereocenters. The van der Waals surface area contributed by atoms with Gasteiger partial charge in [0.1, 0.15) is 6.04 Å². The fraction of sp³-hybridized carbons (Fsp3) is 0.438. The molecule has 5 nitrogen and oxygen atoms in total. The summed E-state index contributed by atoms with van der Waals surface area (Å²) in [5.74, 6) is -0.924. The van der Waals surface area contributed by atoms with Gasteiger partial charge in [0.2, 0.25) is 0 Å². The lowest BCUT2D eigenvalue weighted by Crippen LogP contribution is -2.50. The lowest BCUT2D eigenvalue weighted by molar-refractivity contribution is -0.144. The first-order chi connectivity index (χ1) is 10.1. The summed E-state index contributed by atoms with van der Waals surface area (Å²) < 4.78 is 0. The molecule has 2 rings (SSSR count). The molecule has 0 aromatic heterocycles. The number of carbonyl (C=O) groups is 2. The van der Waals surface area contributed by atoms with E-state index in [9.17, 15) is 14.7 Å². The second kappa shape index (κ2) is 6.40. The molecule has 110 valence electrons. The number of piperidine rings is 1. The van der Waals surface area contributed by atoms with Crippen LogP contribution in [0.25, 0.3) is 0 Å². The highest BCUT2D eigenvalue weighted by Crippen LogP contribution is 2.27. The number of likely N-dealkylation sites (tertiary alicyclic amines) is 1. The Labute approximate surface area is 123 Å². The number of carbonyl (C=O) groups excluding carboxylic acids is 1. The molecule has 21 heavy (non-hydrogen) atoms. The van der Waals surface area contributed by atoms with Crippen LogP contribution in [0.1, 0.15) is 42.1 Å². The van der Waals surface area contributed by atoms with Gasteiger partial charge in [0.05, 0.1) is 11.6 Å². The number of carboxylic acids is 1. The van der Waals surface area contributed by atoms with Crippen LogP contribution in [0.4, 0.5) is 0 Å². The van der Waals surface area contributed by atoms with Gasteiger partial charge >= 0.3 is 5.97 Å². The van der Waals surface area contributed by atoms with Crippen molar-refractivity contribution in [3.63, 3.8) is 0 Å². The minimum atomic E-state index is -0.960. The quantitative estimate of drug-likeness (QED) is 0.924. The van der Waals surface area contributed by atoms with Crippen molar-refractivity contribution in [2.45, 2.75) is 32.2 Å². The van der Waals surface area contributed by atoms with E-state index in [4.69, 9.17) is 5.26 Å². The fourth-order valence-corrected chi connectivity index (χ4v) is 2.77. The average molecular weight is 286 g/mol. The first kappa shape index (κ1) is 15.0.